The third-order valence-electron chi connectivity index (χ3n) is 2.65. The van der Waals surface area contributed by atoms with Gasteiger partial charge in [-0.1, -0.05) is 0 Å². The fraction of sp³-hybridized carbons (Fsp3) is 0.300. The minimum atomic E-state index is -0.832. The lowest BCUT2D eigenvalue weighted by Gasteiger charge is -2.08. The van der Waals surface area contributed by atoms with Gasteiger partial charge in [-0.05, 0) is 18.9 Å². The summed E-state index contributed by atoms with van der Waals surface area (Å²) in [5, 5.41) is 10.4. The molecule has 1 saturated carbocycles. The average molecular weight is 222 g/mol. The molecule has 0 N–H and O–H groups in total. The molecule has 1 aromatic carbocycles. The van der Waals surface area contributed by atoms with Crippen molar-refractivity contribution in [3.8, 4) is 0 Å². The monoisotopic (exact) mass is 222 g/mol. The summed E-state index contributed by atoms with van der Waals surface area (Å²) >= 11 is 0. The maximum absolute atomic E-state index is 13.6. The van der Waals surface area contributed by atoms with E-state index in [0.29, 0.717) is 12.8 Å². The second-order valence-corrected chi connectivity index (χ2v) is 3.66. The Labute approximate surface area is 89.8 Å². The van der Waals surface area contributed by atoms with Gasteiger partial charge in [-0.15, -0.1) is 0 Å². The van der Waals surface area contributed by atoms with Gasteiger partial charge in [0.25, 0.3) is 5.69 Å². The van der Waals surface area contributed by atoms with E-state index in [1.165, 1.54) is 18.2 Å². The number of aliphatic imine (C=N–C) groups is 1. The Hall–Kier alpha value is -2.07. The first kappa shape index (κ1) is 10.4. The van der Waals surface area contributed by atoms with Crippen molar-refractivity contribution in [2.45, 2.75) is 18.4 Å². The molecular weight excluding hydrogens is 215 g/mol. The van der Waals surface area contributed by atoms with Gasteiger partial charge in [0.1, 0.15) is 11.4 Å². The van der Waals surface area contributed by atoms with Crippen LogP contribution in [0, 0.1) is 15.9 Å². The highest BCUT2D eigenvalue weighted by Crippen LogP contribution is 2.50. The molecule has 0 aromatic heterocycles. The van der Waals surface area contributed by atoms with Crippen LogP contribution < -0.4 is 0 Å². The number of halogens is 1. The van der Waals surface area contributed by atoms with E-state index in [9.17, 15) is 19.3 Å². The predicted octanol–water partition coefficient (Wildman–Crippen LogP) is 2.06. The fourth-order valence-electron chi connectivity index (χ4n) is 1.64. The summed E-state index contributed by atoms with van der Waals surface area (Å²) < 4.78 is 13.6. The maximum Gasteiger partial charge on any atom is 0.272 e. The molecule has 1 fully saturated rings. The van der Waals surface area contributed by atoms with E-state index in [0.717, 1.165) is 6.07 Å². The minimum absolute atomic E-state index is 0.224. The molecule has 0 bridgehead atoms. The topological polar surface area (TPSA) is 72.6 Å². The largest absolute Gasteiger partial charge is 0.272 e. The molecule has 5 nitrogen and oxygen atoms in total. The SMILES string of the molecule is O=C=NC1(c2ccc([N+](=O)[O-])cc2F)CC1. The van der Waals surface area contributed by atoms with Crippen LogP contribution in [-0.4, -0.2) is 11.0 Å². The normalized spacial score (nSPS) is 16.3. The molecular formula is C10H7FN2O3. The number of rotatable bonds is 3. The number of isocyanates is 1. The number of nitrogens with zero attached hydrogens (tertiary/aromatic N) is 2. The molecule has 16 heavy (non-hydrogen) atoms. The van der Waals surface area contributed by atoms with Crippen molar-refractivity contribution < 1.29 is 14.1 Å². The molecule has 6 heteroatoms. The van der Waals surface area contributed by atoms with Crippen LogP contribution >= 0.6 is 0 Å². The second-order valence-electron chi connectivity index (χ2n) is 3.66. The number of nitro groups is 1. The lowest BCUT2D eigenvalue weighted by molar-refractivity contribution is -0.385. The molecule has 0 unspecified atom stereocenters. The second kappa shape index (κ2) is 3.50. The number of non-ortho nitro benzene ring substituents is 1. The average Bonchev–Trinajstić information content (AvgIpc) is 2.99. The molecule has 1 aromatic rings. The third kappa shape index (κ3) is 1.59. The van der Waals surface area contributed by atoms with Gasteiger partial charge >= 0.3 is 0 Å². The number of carbonyl (C=O) groups excluding carboxylic acids is 1. The zero-order chi connectivity index (χ0) is 11.8. The molecule has 0 heterocycles. The van der Waals surface area contributed by atoms with E-state index in [1.54, 1.807) is 0 Å². The zero-order valence-corrected chi connectivity index (χ0v) is 8.14. The van der Waals surface area contributed by atoms with E-state index >= 15 is 0 Å². The van der Waals surface area contributed by atoms with Gasteiger partial charge in [-0.2, -0.15) is 4.99 Å². The van der Waals surface area contributed by atoms with Gasteiger partial charge in [0.2, 0.25) is 6.08 Å². The number of hydrogen-bond donors (Lipinski definition) is 0. The number of hydrogen-bond acceptors (Lipinski definition) is 4. The van der Waals surface area contributed by atoms with Crippen LogP contribution in [0.4, 0.5) is 10.1 Å². The first-order chi connectivity index (χ1) is 7.59. The number of benzene rings is 1. The van der Waals surface area contributed by atoms with Gasteiger partial charge in [-0.3, -0.25) is 10.1 Å². The Kier molecular flexibility index (Phi) is 2.29. The standard InChI is InChI=1S/C10H7FN2O3/c11-9-5-7(13(15)16)1-2-8(9)10(3-4-10)12-6-14/h1-2,5H,3-4H2. The van der Waals surface area contributed by atoms with Gasteiger partial charge in [-0.25, -0.2) is 9.18 Å². The van der Waals surface area contributed by atoms with Gasteiger partial charge in [0.15, 0.2) is 0 Å². The van der Waals surface area contributed by atoms with E-state index < -0.39 is 16.3 Å². The Morgan fingerprint density at radius 2 is 2.19 bits per heavy atom. The lowest BCUT2D eigenvalue weighted by atomic mass is 10.0. The lowest BCUT2D eigenvalue weighted by Crippen LogP contribution is -2.06. The van der Waals surface area contributed by atoms with Crippen LogP contribution in [0.5, 0.6) is 0 Å². The molecule has 0 amide bonds. The fourth-order valence-corrected chi connectivity index (χ4v) is 1.64. The summed E-state index contributed by atoms with van der Waals surface area (Å²) in [5.74, 6) is -0.703. The first-order valence-corrected chi connectivity index (χ1v) is 4.62. The van der Waals surface area contributed by atoms with Crippen molar-refractivity contribution in [3.05, 3.63) is 39.7 Å². The Morgan fingerprint density at radius 3 is 2.62 bits per heavy atom. The van der Waals surface area contributed by atoms with Crippen LogP contribution in [0.3, 0.4) is 0 Å². The Bertz CT molecular complexity index is 505. The summed E-state index contributed by atoms with van der Waals surface area (Å²) in [6, 6.07) is 3.36. The molecule has 0 saturated heterocycles. The van der Waals surface area contributed by atoms with E-state index in [1.807, 2.05) is 0 Å². The molecule has 1 aliphatic carbocycles. The number of nitro benzene ring substituents is 1. The Balaban J connectivity index is 2.44. The van der Waals surface area contributed by atoms with Crippen LogP contribution in [0.2, 0.25) is 0 Å². The summed E-state index contributed by atoms with van der Waals surface area (Å²) in [4.78, 5) is 23.5. The maximum atomic E-state index is 13.6. The van der Waals surface area contributed by atoms with E-state index in [-0.39, 0.29) is 11.3 Å². The van der Waals surface area contributed by atoms with E-state index in [2.05, 4.69) is 4.99 Å². The highest BCUT2D eigenvalue weighted by atomic mass is 19.1. The zero-order valence-electron chi connectivity index (χ0n) is 8.14. The highest BCUT2D eigenvalue weighted by Gasteiger charge is 2.46. The third-order valence-corrected chi connectivity index (χ3v) is 2.65. The quantitative estimate of drug-likeness (QED) is 0.340. The van der Waals surface area contributed by atoms with Crippen molar-refractivity contribution in [3.63, 3.8) is 0 Å². The van der Waals surface area contributed by atoms with Crippen molar-refractivity contribution >= 4 is 11.8 Å². The van der Waals surface area contributed by atoms with Gasteiger partial charge < -0.3 is 0 Å². The molecule has 82 valence electrons. The van der Waals surface area contributed by atoms with E-state index in [4.69, 9.17) is 0 Å². The summed E-state index contributed by atoms with van der Waals surface area (Å²) in [5.41, 5.74) is -0.922. The van der Waals surface area contributed by atoms with Crippen LogP contribution in [-0.2, 0) is 10.3 Å². The van der Waals surface area contributed by atoms with Crippen molar-refractivity contribution in [2.75, 3.05) is 0 Å². The summed E-state index contributed by atoms with van der Waals surface area (Å²) in [6.45, 7) is 0. The molecule has 0 aliphatic heterocycles. The van der Waals surface area contributed by atoms with Crippen molar-refractivity contribution in [1.82, 2.24) is 0 Å². The predicted molar refractivity (Wildman–Crippen MR) is 52.1 cm³/mol. The molecule has 1 aliphatic rings. The molecule has 0 spiro atoms. The Morgan fingerprint density at radius 1 is 1.50 bits per heavy atom. The summed E-state index contributed by atoms with van der Waals surface area (Å²) in [6.07, 6.45) is 2.54. The van der Waals surface area contributed by atoms with Crippen molar-refractivity contribution in [1.29, 1.82) is 0 Å². The van der Waals surface area contributed by atoms with Crippen LogP contribution in [0.25, 0.3) is 0 Å². The molecule has 2 rings (SSSR count). The van der Waals surface area contributed by atoms with Crippen LogP contribution in [0.15, 0.2) is 23.2 Å². The highest BCUT2D eigenvalue weighted by molar-refractivity contribution is 5.44. The van der Waals surface area contributed by atoms with Gasteiger partial charge in [0.05, 0.1) is 11.0 Å². The van der Waals surface area contributed by atoms with Gasteiger partial charge in [0, 0.05) is 11.6 Å². The summed E-state index contributed by atoms with van der Waals surface area (Å²) in [7, 11) is 0. The smallest absolute Gasteiger partial charge is 0.258 e. The molecule has 0 atom stereocenters. The van der Waals surface area contributed by atoms with Crippen LogP contribution in [0.1, 0.15) is 18.4 Å². The minimum Gasteiger partial charge on any atom is -0.258 e. The first-order valence-electron chi connectivity index (χ1n) is 4.62. The molecule has 0 radical (unpaired) electrons. The van der Waals surface area contributed by atoms with Crippen molar-refractivity contribution in [2.24, 2.45) is 4.99 Å².